The van der Waals surface area contributed by atoms with Gasteiger partial charge in [0.05, 0.1) is 6.61 Å². The van der Waals surface area contributed by atoms with E-state index in [0.717, 1.165) is 46.4 Å². The highest BCUT2D eigenvalue weighted by Gasteiger charge is 2.03. The smallest absolute Gasteiger partial charge is 0.119 e. The van der Waals surface area contributed by atoms with E-state index in [1.807, 2.05) is 24.3 Å². The third kappa shape index (κ3) is 3.97. The Bertz CT molecular complexity index is 555. The molecule has 0 radical (unpaired) electrons. The van der Waals surface area contributed by atoms with Crippen LogP contribution in [0, 0.1) is 0 Å². The van der Waals surface area contributed by atoms with Crippen molar-refractivity contribution < 1.29 is 4.74 Å². The van der Waals surface area contributed by atoms with Gasteiger partial charge in [0, 0.05) is 4.47 Å². The molecule has 0 aromatic heterocycles. The number of ether oxygens (including phenoxy) is 1. The van der Waals surface area contributed by atoms with Crippen LogP contribution in [0.5, 0.6) is 5.75 Å². The Morgan fingerprint density at radius 3 is 2.10 bits per heavy atom. The van der Waals surface area contributed by atoms with Crippen molar-refractivity contribution in [3.8, 4) is 5.75 Å². The standard InChI is InChI=1S/C18H19BrO/c1-3-4-13-20-18-11-7-16(8-12-18)14(2)15-5-9-17(19)10-6-15/h5-12H,2-4,13H2,1H3. The molecule has 0 saturated heterocycles. The molecule has 1 nitrogen and oxygen atoms in total. The molecule has 20 heavy (non-hydrogen) atoms. The van der Waals surface area contributed by atoms with Crippen molar-refractivity contribution >= 4 is 21.5 Å². The van der Waals surface area contributed by atoms with Crippen molar-refractivity contribution in [2.45, 2.75) is 19.8 Å². The van der Waals surface area contributed by atoms with Gasteiger partial charge >= 0.3 is 0 Å². The van der Waals surface area contributed by atoms with Crippen molar-refractivity contribution in [3.63, 3.8) is 0 Å². The van der Waals surface area contributed by atoms with Crippen LogP contribution in [0.4, 0.5) is 0 Å². The summed E-state index contributed by atoms with van der Waals surface area (Å²) in [6.45, 7) is 7.12. The molecule has 2 rings (SSSR count). The largest absolute Gasteiger partial charge is 0.494 e. The monoisotopic (exact) mass is 330 g/mol. The molecular formula is C18H19BrO. The van der Waals surface area contributed by atoms with Crippen molar-refractivity contribution in [1.82, 2.24) is 0 Å². The van der Waals surface area contributed by atoms with E-state index in [9.17, 15) is 0 Å². The van der Waals surface area contributed by atoms with E-state index in [1.165, 1.54) is 0 Å². The van der Waals surface area contributed by atoms with Crippen LogP contribution >= 0.6 is 15.9 Å². The molecule has 0 unspecified atom stereocenters. The molecule has 2 aromatic rings. The van der Waals surface area contributed by atoms with Gasteiger partial charge in [0.2, 0.25) is 0 Å². The van der Waals surface area contributed by atoms with Gasteiger partial charge in [-0.1, -0.05) is 60.1 Å². The molecule has 0 heterocycles. The van der Waals surface area contributed by atoms with Crippen molar-refractivity contribution in [2.24, 2.45) is 0 Å². The lowest BCUT2D eigenvalue weighted by Crippen LogP contribution is -1.96. The van der Waals surface area contributed by atoms with Crippen LogP contribution in [0.15, 0.2) is 59.6 Å². The summed E-state index contributed by atoms with van der Waals surface area (Å²) < 4.78 is 6.74. The Morgan fingerprint density at radius 1 is 1.00 bits per heavy atom. The van der Waals surface area contributed by atoms with E-state index in [0.29, 0.717) is 0 Å². The second-order valence-corrected chi connectivity index (χ2v) is 5.63. The van der Waals surface area contributed by atoms with Crippen LogP contribution in [0.2, 0.25) is 0 Å². The summed E-state index contributed by atoms with van der Waals surface area (Å²) in [5.74, 6) is 0.922. The molecular weight excluding hydrogens is 312 g/mol. The van der Waals surface area contributed by atoms with E-state index in [1.54, 1.807) is 0 Å². The Labute approximate surface area is 129 Å². The molecule has 0 amide bonds. The average Bonchev–Trinajstić information content (AvgIpc) is 2.48. The molecule has 2 heteroatoms. The van der Waals surface area contributed by atoms with Crippen LogP contribution in [0.3, 0.4) is 0 Å². The van der Waals surface area contributed by atoms with Gasteiger partial charge in [-0.3, -0.25) is 0 Å². The fraction of sp³-hybridized carbons (Fsp3) is 0.222. The van der Waals surface area contributed by atoms with Crippen molar-refractivity contribution in [3.05, 3.63) is 70.7 Å². The van der Waals surface area contributed by atoms with Gasteiger partial charge in [-0.15, -0.1) is 0 Å². The summed E-state index contributed by atoms with van der Waals surface area (Å²) in [5, 5.41) is 0. The fourth-order valence-electron chi connectivity index (χ4n) is 1.90. The van der Waals surface area contributed by atoms with Crippen LogP contribution < -0.4 is 4.74 Å². The van der Waals surface area contributed by atoms with E-state index >= 15 is 0 Å². The minimum Gasteiger partial charge on any atom is -0.494 e. The van der Waals surface area contributed by atoms with Crippen LogP contribution in [-0.4, -0.2) is 6.61 Å². The lowest BCUT2D eigenvalue weighted by Gasteiger charge is -2.09. The third-order valence-corrected chi connectivity index (χ3v) is 3.69. The highest BCUT2D eigenvalue weighted by molar-refractivity contribution is 9.10. The molecule has 0 fully saturated rings. The number of benzene rings is 2. The van der Waals surface area contributed by atoms with Crippen molar-refractivity contribution in [2.75, 3.05) is 6.61 Å². The number of rotatable bonds is 6. The molecule has 2 aromatic carbocycles. The number of hydrogen-bond donors (Lipinski definition) is 0. The maximum atomic E-state index is 5.67. The molecule has 0 aliphatic heterocycles. The van der Waals surface area contributed by atoms with Gasteiger partial charge in [-0.05, 0) is 47.4 Å². The molecule has 0 aliphatic rings. The number of unbranched alkanes of at least 4 members (excludes halogenated alkanes) is 1. The molecule has 104 valence electrons. The minimum atomic E-state index is 0.781. The summed E-state index contributed by atoms with van der Waals surface area (Å²) in [4.78, 5) is 0. The fourth-order valence-corrected chi connectivity index (χ4v) is 2.17. The molecule has 0 N–H and O–H groups in total. The van der Waals surface area contributed by atoms with Crippen molar-refractivity contribution in [1.29, 1.82) is 0 Å². The topological polar surface area (TPSA) is 9.23 Å². The second kappa shape index (κ2) is 7.30. The maximum Gasteiger partial charge on any atom is 0.119 e. The van der Waals surface area contributed by atoms with Gasteiger partial charge in [0.25, 0.3) is 0 Å². The van der Waals surface area contributed by atoms with E-state index in [2.05, 4.69) is 53.7 Å². The second-order valence-electron chi connectivity index (χ2n) is 4.71. The molecule has 0 bridgehead atoms. The van der Waals surface area contributed by atoms with Gasteiger partial charge < -0.3 is 4.74 Å². The lowest BCUT2D eigenvalue weighted by molar-refractivity contribution is 0.309. The summed E-state index contributed by atoms with van der Waals surface area (Å²) in [6.07, 6.45) is 2.24. The first kappa shape index (κ1) is 14.9. The minimum absolute atomic E-state index is 0.781. The average molecular weight is 331 g/mol. The van der Waals surface area contributed by atoms with E-state index in [-0.39, 0.29) is 0 Å². The zero-order valence-electron chi connectivity index (χ0n) is 11.7. The van der Waals surface area contributed by atoms with Crippen LogP contribution in [0.25, 0.3) is 5.57 Å². The third-order valence-electron chi connectivity index (χ3n) is 3.16. The predicted molar refractivity (Wildman–Crippen MR) is 89.1 cm³/mol. The van der Waals surface area contributed by atoms with Gasteiger partial charge in [0.15, 0.2) is 0 Å². The van der Waals surface area contributed by atoms with Gasteiger partial charge in [-0.25, -0.2) is 0 Å². The van der Waals surface area contributed by atoms with Crippen LogP contribution in [0.1, 0.15) is 30.9 Å². The Morgan fingerprint density at radius 2 is 1.55 bits per heavy atom. The molecule has 0 saturated carbocycles. The Kier molecular flexibility index (Phi) is 5.42. The zero-order valence-corrected chi connectivity index (χ0v) is 13.3. The predicted octanol–water partition coefficient (Wildman–Crippen LogP) is 5.69. The van der Waals surface area contributed by atoms with Crippen LogP contribution in [-0.2, 0) is 0 Å². The molecule has 0 aliphatic carbocycles. The Balaban J connectivity index is 2.05. The maximum absolute atomic E-state index is 5.67. The normalized spacial score (nSPS) is 10.3. The highest BCUT2D eigenvalue weighted by Crippen LogP contribution is 2.25. The molecule has 0 spiro atoms. The highest BCUT2D eigenvalue weighted by atomic mass is 79.9. The summed E-state index contributed by atoms with van der Waals surface area (Å²) >= 11 is 3.44. The first-order valence-corrected chi connectivity index (χ1v) is 7.68. The van der Waals surface area contributed by atoms with E-state index in [4.69, 9.17) is 4.74 Å². The van der Waals surface area contributed by atoms with Gasteiger partial charge in [-0.2, -0.15) is 0 Å². The van der Waals surface area contributed by atoms with Gasteiger partial charge in [0.1, 0.15) is 5.75 Å². The number of hydrogen-bond acceptors (Lipinski definition) is 1. The first-order valence-electron chi connectivity index (χ1n) is 6.89. The zero-order chi connectivity index (χ0) is 14.4. The number of halogens is 1. The summed E-state index contributed by atoms with van der Waals surface area (Å²) in [7, 11) is 0. The van der Waals surface area contributed by atoms with E-state index < -0.39 is 0 Å². The molecule has 0 atom stereocenters. The first-order chi connectivity index (χ1) is 9.70. The lowest BCUT2D eigenvalue weighted by atomic mass is 10.00. The SMILES string of the molecule is C=C(c1ccc(Br)cc1)c1ccc(OCCCC)cc1. The summed E-state index contributed by atoms with van der Waals surface area (Å²) in [6, 6.07) is 16.3. The Hall–Kier alpha value is -1.54. The summed E-state index contributed by atoms with van der Waals surface area (Å²) in [5.41, 5.74) is 3.28. The quantitative estimate of drug-likeness (QED) is 0.618.